The summed E-state index contributed by atoms with van der Waals surface area (Å²) in [6.07, 6.45) is 5.63. The van der Waals surface area contributed by atoms with Crippen LogP contribution in [0.3, 0.4) is 0 Å². The number of amides is 1. The van der Waals surface area contributed by atoms with Crippen LogP contribution in [0.4, 0.5) is 5.69 Å². The Kier molecular flexibility index (Phi) is 3.53. The molecule has 0 saturated heterocycles. The van der Waals surface area contributed by atoms with Crippen molar-refractivity contribution in [3.63, 3.8) is 0 Å². The van der Waals surface area contributed by atoms with Gasteiger partial charge in [0.05, 0.1) is 11.8 Å². The number of aryl methyl sites for hydroxylation is 1. The van der Waals surface area contributed by atoms with Crippen LogP contribution in [0.1, 0.15) is 18.9 Å². The summed E-state index contributed by atoms with van der Waals surface area (Å²) in [6, 6.07) is 7.70. The molecule has 2 aliphatic rings. The summed E-state index contributed by atoms with van der Waals surface area (Å²) in [6.45, 7) is 2.06. The number of carboxylic acid groups (broad SMARTS) is 1. The van der Waals surface area contributed by atoms with Crippen LogP contribution in [-0.4, -0.2) is 17.0 Å². The number of benzene rings is 1. The van der Waals surface area contributed by atoms with E-state index in [0.717, 1.165) is 24.1 Å². The number of carbonyl (C=O) groups is 2. The molecular weight excluding hydrogens is 266 g/mol. The Hall–Kier alpha value is -2.10. The molecule has 1 amide bonds. The van der Waals surface area contributed by atoms with Crippen LogP contribution in [0.2, 0.25) is 0 Å². The van der Waals surface area contributed by atoms with Crippen molar-refractivity contribution in [3.8, 4) is 0 Å². The van der Waals surface area contributed by atoms with Gasteiger partial charge in [-0.25, -0.2) is 0 Å². The van der Waals surface area contributed by atoms with Gasteiger partial charge < -0.3 is 10.4 Å². The Balaban J connectivity index is 1.78. The standard InChI is InChI=1S/C17H19NO3/c1-2-10-4-3-5-13(8-10)18-16(19)14-11-6-7-12(9-11)15(14)17(20)21/h3-8,11-12,14-15H,2,9H2,1H3,(H,18,19)(H,20,21)/t11-,12+,14-,15+/m1/s1. The predicted molar refractivity (Wildman–Crippen MR) is 79.8 cm³/mol. The first-order chi connectivity index (χ1) is 10.1. The van der Waals surface area contributed by atoms with Crippen LogP contribution in [0.25, 0.3) is 0 Å². The highest BCUT2D eigenvalue weighted by Gasteiger charge is 2.51. The Bertz CT molecular complexity index is 608. The zero-order valence-electron chi connectivity index (χ0n) is 12.0. The van der Waals surface area contributed by atoms with Crippen molar-refractivity contribution in [2.75, 3.05) is 5.32 Å². The molecule has 3 rings (SSSR count). The summed E-state index contributed by atoms with van der Waals surface area (Å²) >= 11 is 0. The minimum atomic E-state index is -0.866. The summed E-state index contributed by atoms with van der Waals surface area (Å²) < 4.78 is 0. The van der Waals surface area contributed by atoms with Gasteiger partial charge in [-0.15, -0.1) is 0 Å². The van der Waals surface area contributed by atoms with E-state index >= 15 is 0 Å². The van der Waals surface area contributed by atoms with Gasteiger partial charge in [0, 0.05) is 5.69 Å². The fraction of sp³-hybridized carbons (Fsp3) is 0.412. The average Bonchev–Trinajstić information content (AvgIpc) is 3.07. The molecule has 0 unspecified atom stereocenters. The van der Waals surface area contributed by atoms with Gasteiger partial charge in [0.1, 0.15) is 0 Å². The van der Waals surface area contributed by atoms with Crippen molar-refractivity contribution < 1.29 is 14.7 Å². The fourth-order valence-electron chi connectivity index (χ4n) is 3.61. The second-order valence-corrected chi connectivity index (χ2v) is 5.88. The molecule has 4 atom stereocenters. The third-order valence-electron chi connectivity index (χ3n) is 4.65. The lowest BCUT2D eigenvalue weighted by molar-refractivity contribution is -0.146. The van der Waals surface area contributed by atoms with Crippen LogP contribution >= 0.6 is 0 Å². The highest BCUT2D eigenvalue weighted by atomic mass is 16.4. The molecule has 0 spiro atoms. The number of allylic oxidation sites excluding steroid dienone is 2. The average molecular weight is 285 g/mol. The van der Waals surface area contributed by atoms with Gasteiger partial charge in [0.15, 0.2) is 0 Å². The quantitative estimate of drug-likeness (QED) is 0.836. The number of hydrogen-bond donors (Lipinski definition) is 2. The lowest BCUT2D eigenvalue weighted by atomic mass is 9.82. The van der Waals surface area contributed by atoms with Gasteiger partial charge in [0.2, 0.25) is 5.91 Å². The third kappa shape index (κ3) is 2.46. The number of hydrogen-bond acceptors (Lipinski definition) is 2. The van der Waals surface area contributed by atoms with E-state index < -0.39 is 17.8 Å². The number of anilines is 1. The van der Waals surface area contributed by atoms with Crippen molar-refractivity contribution in [1.29, 1.82) is 0 Å². The number of aliphatic carboxylic acids is 1. The molecule has 2 bridgehead atoms. The van der Waals surface area contributed by atoms with Crippen LogP contribution in [0, 0.1) is 23.7 Å². The Labute approximate surface area is 123 Å². The molecule has 4 nitrogen and oxygen atoms in total. The van der Waals surface area contributed by atoms with Crippen molar-refractivity contribution in [3.05, 3.63) is 42.0 Å². The van der Waals surface area contributed by atoms with Gasteiger partial charge in [0.25, 0.3) is 0 Å². The largest absolute Gasteiger partial charge is 0.481 e. The van der Waals surface area contributed by atoms with Crippen LogP contribution in [0.5, 0.6) is 0 Å². The molecule has 1 saturated carbocycles. The summed E-state index contributed by atoms with van der Waals surface area (Å²) in [4.78, 5) is 24.0. The molecule has 0 heterocycles. The molecule has 1 aromatic rings. The monoisotopic (exact) mass is 285 g/mol. The van der Waals surface area contributed by atoms with Gasteiger partial charge in [-0.3, -0.25) is 9.59 Å². The lowest BCUT2D eigenvalue weighted by Gasteiger charge is -2.23. The normalized spacial score (nSPS) is 29.6. The van der Waals surface area contributed by atoms with Crippen LogP contribution < -0.4 is 5.32 Å². The van der Waals surface area contributed by atoms with Crippen molar-refractivity contribution in [2.24, 2.45) is 23.7 Å². The Morgan fingerprint density at radius 2 is 1.95 bits per heavy atom. The first-order valence-corrected chi connectivity index (χ1v) is 7.41. The van der Waals surface area contributed by atoms with E-state index in [1.54, 1.807) is 0 Å². The maximum Gasteiger partial charge on any atom is 0.307 e. The smallest absolute Gasteiger partial charge is 0.307 e. The number of carboxylic acids is 1. The minimum absolute atomic E-state index is 0.00484. The maximum absolute atomic E-state index is 12.5. The predicted octanol–water partition coefficient (Wildman–Crippen LogP) is 2.71. The molecule has 2 N–H and O–H groups in total. The van der Waals surface area contributed by atoms with Crippen molar-refractivity contribution >= 4 is 17.6 Å². The molecular formula is C17H19NO3. The topological polar surface area (TPSA) is 66.4 Å². The number of carbonyl (C=O) groups excluding carboxylic acids is 1. The Morgan fingerprint density at radius 3 is 2.62 bits per heavy atom. The highest BCUT2D eigenvalue weighted by Crippen LogP contribution is 2.48. The highest BCUT2D eigenvalue weighted by molar-refractivity contribution is 5.96. The van der Waals surface area contributed by atoms with E-state index in [-0.39, 0.29) is 17.7 Å². The van der Waals surface area contributed by atoms with E-state index in [0.29, 0.717) is 0 Å². The zero-order chi connectivity index (χ0) is 15.0. The number of rotatable bonds is 4. The van der Waals surface area contributed by atoms with Gasteiger partial charge >= 0.3 is 5.97 Å². The zero-order valence-corrected chi connectivity index (χ0v) is 12.0. The SMILES string of the molecule is CCc1cccc(NC(=O)[C@H]2[C@@H](C(=O)O)[C@H]3C=C[C@@H]2C3)c1. The molecule has 1 aromatic carbocycles. The lowest BCUT2D eigenvalue weighted by Crippen LogP contribution is -2.36. The van der Waals surface area contributed by atoms with Gasteiger partial charge in [-0.05, 0) is 42.4 Å². The summed E-state index contributed by atoms with van der Waals surface area (Å²) in [7, 11) is 0. The first kappa shape index (κ1) is 13.9. The van der Waals surface area contributed by atoms with E-state index in [2.05, 4.69) is 12.2 Å². The number of nitrogens with one attached hydrogen (secondary N) is 1. The van der Waals surface area contributed by atoms with E-state index in [1.807, 2.05) is 36.4 Å². The molecule has 0 aromatic heterocycles. The van der Waals surface area contributed by atoms with Crippen LogP contribution in [-0.2, 0) is 16.0 Å². The van der Waals surface area contributed by atoms with E-state index in [1.165, 1.54) is 0 Å². The minimum Gasteiger partial charge on any atom is -0.481 e. The number of fused-ring (bicyclic) bond motifs is 2. The summed E-state index contributed by atoms with van der Waals surface area (Å²) in [5.74, 6) is -2.02. The maximum atomic E-state index is 12.5. The van der Waals surface area contributed by atoms with Crippen molar-refractivity contribution in [1.82, 2.24) is 0 Å². The van der Waals surface area contributed by atoms with Gasteiger partial charge in [-0.1, -0.05) is 31.2 Å². The molecule has 4 heteroatoms. The molecule has 0 aliphatic heterocycles. The fourth-order valence-corrected chi connectivity index (χ4v) is 3.61. The molecule has 21 heavy (non-hydrogen) atoms. The third-order valence-corrected chi connectivity index (χ3v) is 4.65. The molecule has 2 aliphatic carbocycles. The summed E-state index contributed by atoms with van der Waals surface area (Å²) in [5, 5.41) is 12.3. The first-order valence-electron chi connectivity index (χ1n) is 7.41. The summed E-state index contributed by atoms with van der Waals surface area (Å²) in [5.41, 5.74) is 1.89. The molecule has 110 valence electrons. The second kappa shape index (κ2) is 5.35. The van der Waals surface area contributed by atoms with E-state index in [4.69, 9.17) is 0 Å². The molecule has 0 radical (unpaired) electrons. The van der Waals surface area contributed by atoms with Crippen molar-refractivity contribution in [2.45, 2.75) is 19.8 Å². The Morgan fingerprint density at radius 1 is 1.24 bits per heavy atom. The van der Waals surface area contributed by atoms with Gasteiger partial charge in [-0.2, -0.15) is 0 Å². The van der Waals surface area contributed by atoms with E-state index in [9.17, 15) is 14.7 Å². The van der Waals surface area contributed by atoms with Crippen LogP contribution in [0.15, 0.2) is 36.4 Å². The molecule has 1 fully saturated rings. The second-order valence-electron chi connectivity index (χ2n) is 5.88.